The summed E-state index contributed by atoms with van der Waals surface area (Å²) >= 11 is 0. The fourth-order valence-corrected chi connectivity index (χ4v) is 3.20. The molecule has 1 N–H and O–H groups in total. The van der Waals surface area contributed by atoms with Crippen molar-refractivity contribution < 1.29 is 18.0 Å². The van der Waals surface area contributed by atoms with Gasteiger partial charge in [0.25, 0.3) is 0 Å². The van der Waals surface area contributed by atoms with Gasteiger partial charge in [-0.15, -0.1) is 0 Å². The van der Waals surface area contributed by atoms with Gasteiger partial charge >= 0.3 is 6.18 Å². The fourth-order valence-electron chi connectivity index (χ4n) is 3.20. The molecule has 4 rings (SSSR count). The summed E-state index contributed by atoms with van der Waals surface area (Å²) in [5.74, 6) is -1.21. The molecular formula is C20H12F3NO2. The summed E-state index contributed by atoms with van der Waals surface area (Å²) in [5, 5.41) is 0.404. The van der Waals surface area contributed by atoms with Crippen LogP contribution < -0.4 is 5.43 Å². The number of para-hydroxylation sites is 1. The van der Waals surface area contributed by atoms with Crippen molar-refractivity contribution in [2.45, 2.75) is 12.1 Å². The number of allylic oxidation sites excluding steroid dienone is 1. The molecule has 0 fully saturated rings. The lowest BCUT2D eigenvalue weighted by atomic mass is 9.85. The lowest BCUT2D eigenvalue weighted by Crippen LogP contribution is -2.25. The molecule has 130 valence electrons. The average molecular weight is 355 g/mol. The maximum atomic E-state index is 12.9. The summed E-state index contributed by atoms with van der Waals surface area (Å²) in [6, 6.07) is 11.3. The van der Waals surface area contributed by atoms with Gasteiger partial charge in [-0.25, -0.2) is 0 Å². The highest BCUT2D eigenvalue weighted by molar-refractivity contribution is 6.08. The Kier molecular flexibility index (Phi) is 3.57. The first-order chi connectivity index (χ1) is 12.4. The molecule has 0 spiro atoms. The van der Waals surface area contributed by atoms with Gasteiger partial charge in [0.1, 0.15) is 0 Å². The van der Waals surface area contributed by atoms with E-state index in [9.17, 15) is 22.8 Å². The molecule has 1 aliphatic carbocycles. The molecule has 3 nitrogen and oxygen atoms in total. The van der Waals surface area contributed by atoms with Crippen LogP contribution in [0, 0.1) is 0 Å². The Bertz CT molecular complexity index is 1110. The van der Waals surface area contributed by atoms with Crippen molar-refractivity contribution in [3.8, 4) is 0 Å². The van der Waals surface area contributed by atoms with E-state index in [0.717, 1.165) is 12.1 Å². The Balaban J connectivity index is 1.80. The standard InChI is InChI=1S/C20H12F3NO2/c21-20(22,23)12-7-5-11(6-8-12)13-9-10-16-17(18(13)25)19(26)14-3-1-2-4-15(14)24-16/h1-10,13H,(H,24,26). The predicted octanol–water partition coefficient (Wildman–Crippen LogP) is 4.54. The van der Waals surface area contributed by atoms with Gasteiger partial charge in [-0.2, -0.15) is 13.2 Å². The minimum absolute atomic E-state index is 0.0381. The van der Waals surface area contributed by atoms with Crippen LogP contribution >= 0.6 is 0 Å². The number of ketones is 1. The Morgan fingerprint density at radius 2 is 1.62 bits per heavy atom. The molecule has 2 aromatic carbocycles. The van der Waals surface area contributed by atoms with Gasteiger partial charge in [-0.05, 0) is 35.9 Å². The molecule has 0 saturated heterocycles. The van der Waals surface area contributed by atoms with Gasteiger partial charge in [0.15, 0.2) is 5.78 Å². The lowest BCUT2D eigenvalue weighted by Gasteiger charge is -2.19. The van der Waals surface area contributed by atoms with Crippen LogP contribution in [0.4, 0.5) is 13.2 Å². The van der Waals surface area contributed by atoms with Crippen LogP contribution in [-0.4, -0.2) is 10.8 Å². The van der Waals surface area contributed by atoms with Crippen LogP contribution in [0.5, 0.6) is 0 Å². The van der Waals surface area contributed by atoms with Crippen LogP contribution in [0.3, 0.4) is 0 Å². The molecule has 26 heavy (non-hydrogen) atoms. The van der Waals surface area contributed by atoms with Crippen LogP contribution in [0.15, 0.2) is 59.4 Å². The number of hydrogen-bond acceptors (Lipinski definition) is 2. The summed E-state index contributed by atoms with van der Waals surface area (Å²) in [5.41, 5.74) is 0.343. The number of hydrogen-bond donors (Lipinski definition) is 1. The number of halogens is 3. The molecular weight excluding hydrogens is 343 g/mol. The van der Waals surface area contributed by atoms with Crippen molar-refractivity contribution in [2.75, 3.05) is 0 Å². The summed E-state index contributed by atoms with van der Waals surface area (Å²) in [4.78, 5) is 28.7. The number of benzene rings is 2. The minimum Gasteiger partial charge on any atom is -0.354 e. The largest absolute Gasteiger partial charge is 0.416 e. The highest BCUT2D eigenvalue weighted by Gasteiger charge is 2.32. The number of alkyl halides is 3. The Morgan fingerprint density at radius 1 is 0.923 bits per heavy atom. The van der Waals surface area contributed by atoms with E-state index in [-0.39, 0.29) is 11.0 Å². The molecule has 3 aromatic rings. The quantitative estimate of drug-likeness (QED) is 0.697. The fraction of sp³-hybridized carbons (Fsp3) is 0.100. The number of nitrogens with one attached hydrogen (secondary N) is 1. The highest BCUT2D eigenvalue weighted by Crippen LogP contribution is 2.33. The Morgan fingerprint density at radius 3 is 2.31 bits per heavy atom. The van der Waals surface area contributed by atoms with E-state index in [1.807, 2.05) is 0 Å². The molecule has 1 heterocycles. The molecule has 1 atom stereocenters. The van der Waals surface area contributed by atoms with E-state index >= 15 is 0 Å². The van der Waals surface area contributed by atoms with Gasteiger partial charge in [0.05, 0.1) is 22.7 Å². The van der Waals surface area contributed by atoms with Crippen LogP contribution in [0.1, 0.15) is 33.1 Å². The van der Waals surface area contributed by atoms with E-state index in [2.05, 4.69) is 4.98 Å². The van der Waals surface area contributed by atoms with Gasteiger partial charge in [-0.3, -0.25) is 9.59 Å². The molecule has 0 aliphatic heterocycles. The number of H-pyrrole nitrogens is 1. The van der Waals surface area contributed by atoms with Gasteiger partial charge in [0.2, 0.25) is 5.43 Å². The number of aromatic nitrogens is 1. The zero-order chi connectivity index (χ0) is 18.5. The maximum Gasteiger partial charge on any atom is 0.416 e. The molecule has 6 heteroatoms. The van der Waals surface area contributed by atoms with E-state index < -0.39 is 23.4 Å². The number of carbonyl (C=O) groups is 1. The monoisotopic (exact) mass is 355 g/mol. The highest BCUT2D eigenvalue weighted by atomic mass is 19.4. The molecule has 0 saturated carbocycles. The van der Waals surface area contributed by atoms with Crippen molar-refractivity contribution >= 4 is 22.8 Å². The van der Waals surface area contributed by atoms with E-state index in [1.165, 1.54) is 12.1 Å². The molecule has 1 unspecified atom stereocenters. The first-order valence-electron chi connectivity index (χ1n) is 7.91. The third-order valence-corrected chi connectivity index (χ3v) is 4.52. The first kappa shape index (κ1) is 16.3. The van der Waals surface area contributed by atoms with Crippen LogP contribution in [-0.2, 0) is 6.18 Å². The molecule has 1 aromatic heterocycles. The number of pyridine rings is 1. The second-order valence-corrected chi connectivity index (χ2v) is 6.11. The minimum atomic E-state index is -4.44. The number of aromatic amines is 1. The molecule has 0 radical (unpaired) electrons. The normalized spacial score (nSPS) is 16.7. The molecule has 1 aliphatic rings. The third kappa shape index (κ3) is 2.54. The van der Waals surface area contributed by atoms with Gasteiger partial charge < -0.3 is 4.98 Å². The van der Waals surface area contributed by atoms with Crippen molar-refractivity contribution in [2.24, 2.45) is 0 Å². The second-order valence-electron chi connectivity index (χ2n) is 6.11. The van der Waals surface area contributed by atoms with Gasteiger partial charge in [-0.1, -0.05) is 30.3 Å². The maximum absolute atomic E-state index is 12.9. The predicted molar refractivity (Wildman–Crippen MR) is 92.1 cm³/mol. The third-order valence-electron chi connectivity index (χ3n) is 4.52. The zero-order valence-corrected chi connectivity index (χ0v) is 13.3. The van der Waals surface area contributed by atoms with Gasteiger partial charge in [0, 0.05) is 10.9 Å². The van der Waals surface area contributed by atoms with Crippen LogP contribution in [0.25, 0.3) is 17.0 Å². The van der Waals surface area contributed by atoms with E-state index in [4.69, 9.17) is 0 Å². The van der Waals surface area contributed by atoms with E-state index in [0.29, 0.717) is 22.2 Å². The lowest BCUT2D eigenvalue weighted by molar-refractivity contribution is -0.137. The second kappa shape index (κ2) is 5.69. The first-order valence-corrected chi connectivity index (χ1v) is 7.91. The van der Waals surface area contributed by atoms with Crippen molar-refractivity contribution in [3.63, 3.8) is 0 Å². The van der Waals surface area contributed by atoms with Crippen LogP contribution in [0.2, 0.25) is 0 Å². The summed E-state index contributed by atoms with van der Waals surface area (Å²) in [6.45, 7) is 0. The number of fused-ring (bicyclic) bond motifs is 2. The van der Waals surface area contributed by atoms with Crippen molar-refractivity contribution in [3.05, 3.63) is 87.2 Å². The molecule has 0 amide bonds. The number of carbonyl (C=O) groups excluding carboxylic acids is 1. The molecule has 0 bridgehead atoms. The average Bonchev–Trinajstić information content (AvgIpc) is 2.61. The Labute approximate surface area is 145 Å². The van der Waals surface area contributed by atoms with E-state index in [1.54, 1.807) is 36.4 Å². The number of Topliss-reactive ketones (excluding diaryl/α,β-unsaturated/α-hetero) is 1. The number of rotatable bonds is 1. The summed E-state index contributed by atoms with van der Waals surface area (Å²) in [7, 11) is 0. The zero-order valence-electron chi connectivity index (χ0n) is 13.3. The Hall–Kier alpha value is -3.15. The van der Waals surface area contributed by atoms with Crippen molar-refractivity contribution in [1.29, 1.82) is 0 Å². The summed E-state index contributed by atoms with van der Waals surface area (Å²) < 4.78 is 38.1. The summed E-state index contributed by atoms with van der Waals surface area (Å²) in [6.07, 6.45) is -1.21. The van der Waals surface area contributed by atoms with Crippen molar-refractivity contribution in [1.82, 2.24) is 4.98 Å². The topological polar surface area (TPSA) is 49.9 Å². The smallest absolute Gasteiger partial charge is 0.354 e. The SMILES string of the molecule is O=C1c2c([nH]c3ccccc3c2=O)C=CC1c1ccc(C(F)(F)F)cc1.